The molecule has 0 spiro atoms. The average molecular weight is 855 g/mol. The number of aromatic nitrogens is 8. The molecule has 0 unspecified atom stereocenters. The van der Waals surface area contributed by atoms with Crippen LogP contribution in [0.5, 0.6) is 0 Å². The van der Waals surface area contributed by atoms with E-state index in [0.717, 1.165) is 44.8 Å². The Morgan fingerprint density at radius 1 is 0.578 bits per heavy atom. The summed E-state index contributed by atoms with van der Waals surface area (Å²) in [7, 11) is 0. The van der Waals surface area contributed by atoms with E-state index in [9.17, 15) is 9.59 Å². The van der Waals surface area contributed by atoms with Gasteiger partial charge in [-0.05, 0) is 64.8 Å². The first-order chi connectivity index (χ1) is 30.7. The van der Waals surface area contributed by atoms with Crippen LogP contribution in [0.3, 0.4) is 0 Å². The number of ether oxygens (including phenoxy) is 2. The fraction of sp³-hybridized carbons (Fsp3) is 0.200. The monoisotopic (exact) mass is 854 g/mol. The van der Waals surface area contributed by atoms with E-state index in [1.807, 2.05) is 139 Å². The van der Waals surface area contributed by atoms with E-state index in [-0.39, 0.29) is 13.1 Å². The van der Waals surface area contributed by atoms with Gasteiger partial charge in [0.15, 0.2) is 11.3 Å². The summed E-state index contributed by atoms with van der Waals surface area (Å²) in [6.45, 7) is 19.3. The molecule has 0 bridgehead atoms. The van der Waals surface area contributed by atoms with Gasteiger partial charge in [-0.15, -0.1) is 0 Å². The van der Waals surface area contributed by atoms with Crippen LogP contribution in [0.15, 0.2) is 147 Å². The van der Waals surface area contributed by atoms with Crippen LogP contribution in [0, 0.1) is 0 Å². The van der Waals surface area contributed by atoms with E-state index >= 15 is 0 Å². The van der Waals surface area contributed by atoms with E-state index in [1.165, 1.54) is 0 Å². The molecule has 2 aromatic carbocycles. The number of hydrogen-bond acceptors (Lipinski definition) is 10. The smallest absolute Gasteiger partial charge is 0.416 e. The minimum atomic E-state index is -0.658. The van der Waals surface area contributed by atoms with Crippen molar-refractivity contribution in [3.63, 3.8) is 0 Å². The van der Waals surface area contributed by atoms with Crippen molar-refractivity contribution in [2.24, 2.45) is 0 Å². The predicted molar refractivity (Wildman–Crippen MR) is 250 cm³/mol. The van der Waals surface area contributed by atoms with Crippen molar-refractivity contribution in [2.75, 3.05) is 9.80 Å². The second-order valence-corrected chi connectivity index (χ2v) is 16.7. The molecule has 64 heavy (non-hydrogen) atoms. The van der Waals surface area contributed by atoms with Gasteiger partial charge in [0.1, 0.15) is 22.8 Å². The zero-order valence-electron chi connectivity index (χ0n) is 36.8. The number of benzene rings is 2. The molecule has 0 fully saturated rings. The van der Waals surface area contributed by atoms with Crippen molar-refractivity contribution in [3.8, 4) is 22.5 Å². The quantitative estimate of drug-likeness (QED) is 0.130. The molecule has 0 aliphatic heterocycles. The maximum Gasteiger partial charge on any atom is 0.416 e. The van der Waals surface area contributed by atoms with Crippen molar-refractivity contribution in [2.45, 2.75) is 65.8 Å². The number of carbonyl (C=O) groups excluding carboxylic acids is 2. The molecular weight excluding hydrogens is 805 g/mol. The summed E-state index contributed by atoms with van der Waals surface area (Å²) >= 11 is 0. The standard InChI is InChI=1S/2C25H25N5O2/c2*1-5-19-16-27-30-22(14-21(28-23(19)30)20-11-7-6-8-12-20)29(24(31)32-25(2,3)4)17-18-10-9-13-26-15-18/h2*5-16H,1,17H2,2-4H3. The number of rotatable bonds is 10. The van der Waals surface area contributed by atoms with E-state index in [4.69, 9.17) is 19.4 Å². The highest BCUT2D eigenvalue weighted by atomic mass is 16.6. The molecule has 2 amide bonds. The zero-order valence-corrected chi connectivity index (χ0v) is 36.8. The van der Waals surface area contributed by atoms with Gasteiger partial charge in [-0.2, -0.15) is 19.2 Å². The van der Waals surface area contributed by atoms with Crippen LogP contribution in [0.2, 0.25) is 0 Å². The topological polar surface area (TPSA) is 145 Å². The fourth-order valence-electron chi connectivity index (χ4n) is 6.57. The van der Waals surface area contributed by atoms with Gasteiger partial charge in [-0.25, -0.2) is 19.6 Å². The van der Waals surface area contributed by atoms with Gasteiger partial charge in [0.25, 0.3) is 0 Å². The third-order valence-corrected chi connectivity index (χ3v) is 9.45. The highest BCUT2D eigenvalue weighted by Gasteiger charge is 2.29. The Morgan fingerprint density at radius 2 is 0.969 bits per heavy atom. The summed E-state index contributed by atoms with van der Waals surface area (Å²) in [6.07, 6.45) is 12.7. The molecule has 0 aliphatic carbocycles. The van der Waals surface area contributed by atoms with Gasteiger partial charge < -0.3 is 9.47 Å². The lowest BCUT2D eigenvalue weighted by Crippen LogP contribution is -2.37. The Kier molecular flexibility index (Phi) is 13.0. The van der Waals surface area contributed by atoms with Crippen LogP contribution in [0.25, 0.3) is 46.0 Å². The van der Waals surface area contributed by atoms with Crippen molar-refractivity contribution < 1.29 is 19.1 Å². The van der Waals surface area contributed by atoms with Crippen LogP contribution in [0.4, 0.5) is 21.2 Å². The van der Waals surface area contributed by atoms with Gasteiger partial charge >= 0.3 is 12.2 Å². The first-order valence-corrected chi connectivity index (χ1v) is 20.6. The molecule has 14 nitrogen and oxygen atoms in total. The first kappa shape index (κ1) is 44.1. The van der Waals surface area contributed by atoms with Crippen LogP contribution in [0.1, 0.15) is 63.8 Å². The van der Waals surface area contributed by atoms with E-state index in [2.05, 4.69) is 33.3 Å². The van der Waals surface area contributed by atoms with Gasteiger partial charge in [0.05, 0.1) is 36.9 Å². The predicted octanol–water partition coefficient (Wildman–Crippen LogP) is 10.8. The summed E-state index contributed by atoms with van der Waals surface area (Å²) in [5.74, 6) is 1.08. The summed E-state index contributed by atoms with van der Waals surface area (Å²) in [6, 6.07) is 30.8. The highest BCUT2D eigenvalue weighted by Crippen LogP contribution is 2.30. The summed E-state index contributed by atoms with van der Waals surface area (Å²) in [5, 5.41) is 8.97. The number of nitrogens with zero attached hydrogens (tertiary/aromatic N) is 10. The third-order valence-electron chi connectivity index (χ3n) is 9.45. The maximum atomic E-state index is 13.3. The van der Waals surface area contributed by atoms with Crippen LogP contribution >= 0.6 is 0 Å². The average Bonchev–Trinajstić information content (AvgIpc) is 3.91. The molecule has 0 N–H and O–H groups in total. The highest BCUT2D eigenvalue weighted by molar-refractivity contribution is 5.90. The van der Waals surface area contributed by atoms with Crippen molar-refractivity contribution in [3.05, 3.63) is 170 Å². The molecule has 8 aromatic rings. The van der Waals surface area contributed by atoms with Gasteiger partial charge in [-0.1, -0.05) is 98.1 Å². The molecule has 0 saturated heterocycles. The number of hydrogen-bond donors (Lipinski definition) is 0. The molecular formula is C50H50N10O4. The van der Waals surface area contributed by atoms with Crippen molar-refractivity contribution in [1.82, 2.24) is 39.2 Å². The van der Waals surface area contributed by atoms with Crippen molar-refractivity contribution in [1.29, 1.82) is 0 Å². The molecule has 0 radical (unpaired) electrons. The third kappa shape index (κ3) is 10.5. The molecule has 8 rings (SSSR count). The number of fused-ring (bicyclic) bond motifs is 2. The van der Waals surface area contributed by atoms with Gasteiger partial charge in [0, 0.05) is 59.2 Å². The Labute approximate surface area is 372 Å². The fourth-order valence-corrected chi connectivity index (χ4v) is 6.57. The van der Waals surface area contributed by atoms with E-state index in [1.54, 1.807) is 68.2 Å². The molecule has 6 heterocycles. The number of anilines is 2. The minimum Gasteiger partial charge on any atom is -0.443 e. The lowest BCUT2D eigenvalue weighted by Gasteiger charge is -2.28. The Hall–Kier alpha value is -8.00. The molecule has 324 valence electrons. The molecule has 0 atom stereocenters. The van der Waals surface area contributed by atoms with Gasteiger partial charge in [-0.3, -0.25) is 19.8 Å². The van der Waals surface area contributed by atoms with Crippen molar-refractivity contribution >= 4 is 47.3 Å². The first-order valence-electron chi connectivity index (χ1n) is 20.6. The lowest BCUT2D eigenvalue weighted by molar-refractivity contribution is 0.0564. The zero-order chi connectivity index (χ0) is 45.4. The molecule has 6 aromatic heterocycles. The number of pyridine rings is 2. The second kappa shape index (κ2) is 18.9. The Morgan fingerprint density at radius 3 is 1.30 bits per heavy atom. The summed E-state index contributed by atoms with van der Waals surface area (Å²) < 4.78 is 14.8. The molecule has 0 saturated carbocycles. The molecule has 0 aliphatic rings. The van der Waals surface area contributed by atoms with Crippen LogP contribution < -0.4 is 9.80 Å². The van der Waals surface area contributed by atoms with E-state index < -0.39 is 23.4 Å². The van der Waals surface area contributed by atoms with E-state index in [0.29, 0.717) is 22.9 Å². The lowest BCUT2D eigenvalue weighted by atomic mass is 10.1. The minimum absolute atomic E-state index is 0.263. The largest absolute Gasteiger partial charge is 0.443 e. The molecule has 14 heteroatoms. The summed E-state index contributed by atoms with van der Waals surface area (Å²) in [4.78, 5) is 47.7. The Balaban J connectivity index is 0.000000191. The second-order valence-electron chi connectivity index (χ2n) is 16.7. The Bertz CT molecular complexity index is 2690. The number of carbonyl (C=O) groups is 2. The normalized spacial score (nSPS) is 11.3. The summed E-state index contributed by atoms with van der Waals surface area (Å²) in [5.41, 5.74) is 6.46. The maximum absolute atomic E-state index is 13.3. The van der Waals surface area contributed by atoms with Gasteiger partial charge in [0.2, 0.25) is 0 Å². The number of amides is 2. The van der Waals surface area contributed by atoms with Crippen LogP contribution in [-0.2, 0) is 22.6 Å². The van der Waals surface area contributed by atoms with Crippen LogP contribution in [-0.4, -0.2) is 62.6 Å². The SMILES string of the molecule is C=Cc1cnn2c(N(Cc3cccnc3)C(=O)OC(C)(C)C)cc(-c3ccccc3)nc12.C=Cc1cnn2c(N(Cc3cccnc3)C(=O)OC(C)(C)C)cc(-c3ccccc3)nc12.